The van der Waals surface area contributed by atoms with E-state index in [-0.39, 0.29) is 6.04 Å². The molecule has 26 heavy (non-hydrogen) atoms. The van der Waals surface area contributed by atoms with Crippen molar-refractivity contribution in [3.63, 3.8) is 0 Å². The third-order valence-electron chi connectivity index (χ3n) is 4.27. The Hall–Kier alpha value is -2.36. The van der Waals surface area contributed by atoms with Crippen molar-refractivity contribution in [3.8, 4) is 0 Å². The number of halogens is 1. The molecule has 0 bridgehead atoms. The van der Waals surface area contributed by atoms with Gasteiger partial charge in [0.25, 0.3) is 0 Å². The third kappa shape index (κ3) is 4.43. The van der Waals surface area contributed by atoms with Gasteiger partial charge in [-0.3, -0.25) is 0 Å². The summed E-state index contributed by atoms with van der Waals surface area (Å²) in [4.78, 5) is 0. The minimum atomic E-state index is -0.0423. The summed E-state index contributed by atoms with van der Waals surface area (Å²) in [5, 5.41) is 7.82. The highest BCUT2D eigenvalue weighted by molar-refractivity contribution is 7.80. The molecule has 0 spiro atoms. The van der Waals surface area contributed by atoms with E-state index < -0.39 is 0 Å². The van der Waals surface area contributed by atoms with Crippen LogP contribution in [0.15, 0.2) is 72.8 Å². The Balaban J connectivity index is 1.89. The molecule has 132 valence electrons. The van der Waals surface area contributed by atoms with Crippen molar-refractivity contribution in [1.29, 1.82) is 0 Å². The van der Waals surface area contributed by atoms with Gasteiger partial charge in [0.1, 0.15) is 0 Å². The van der Waals surface area contributed by atoms with Crippen LogP contribution in [-0.2, 0) is 0 Å². The molecule has 0 unspecified atom stereocenters. The Bertz CT molecular complexity index is 909. The summed E-state index contributed by atoms with van der Waals surface area (Å²) in [5.41, 5.74) is 5.62. The molecule has 1 atom stereocenters. The standard InChI is InChI=1S/C22H21ClN2S/c1-15-12-13-18(16(2)14-15)21(17-8-4-3-5-9-17)25-22(26)24-20-11-7-6-10-19(20)23/h3-14,21H,1-2H3,(H2,24,25,26)/t21-/m1/s1. The topological polar surface area (TPSA) is 24.1 Å². The molecule has 0 amide bonds. The van der Waals surface area contributed by atoms with Gasteiger partial charge in [-0.15, -0.1) is 0 Å². The van der Waals surface area contributed by atoms with E-state index in [9.17, 15) is 0 Å². The number of hydrogen-bond acceptors (Lipinski definition) is 1. The average Bonchev–Trinajstić information content (AvgIpc) is 2.63. The van der Waals surface area contributed by atoms with Crippen LogP contribution in [0, 0.1) is 13.8 Å². The molecule has 0 aliphatic heterocycles. The van der Waals surface area contributed by atoms with Crippen LogP contribution in [0.4, 0.5) is 5.69 Å². The third-order valence-corrected chi connectivity index (χ3v) is 4.82. The van der Waals surface area contributed by atoms with Crippen LogP contribution in [0.5, 0.6) is 0 Å². The Labute approximate surface area is 165 Å². The van der Waals surface area contributed by atoms with Gasteiger partial charge in [-0.2, -0.15) is 0 Å². The Morgan fingerprint density at radius 3 is 2.31 bits per heavy atom. The second-order valence-corrected chi connectivity index (χ2v) is 7.10. The van der Waals surface area contributed by atoms with Gasteiger partial charge in [-0.25, -0.2) is 0 Å². The summed E-state index contributed by atoms with van der Waals surface area (Å²) in [6.45, 7) is 4.23. The zero-order valence-corrected chi connectivity index (χ0v) is 16.4. The SMILES string of the molecule is Cc1ccc([C@H](NC(=S)Nc2ccccc2Cl)c2ccccc2)c(C)c1. The lowest BCUT2D eigenvalue weighted by atomic mass is 9.94. The van der Waals surface area contributed by atoms with Crippen molar-refractivity contribution in [3.05, 3.63) is 100 Å². The molecule has 3 aromatic carbocycles. The molecular formula is C22H21ClN2S. The minimum absolute atomic E-state index is 0.0423. The molecule has 3 rings (SSSR count). The van der Waals surface area contributed by atoms with Gasteiger partial charge < -0.3 is 10.6 Å². The highest BCUT2D eigenvalue weighted by Gasteiger charge is 2.17. The van der Waals surface area contributed by atoms with Gasteiger partial charge in [0.15, 0.2) is 5.11 Å². The smallest absolute Gasteiger partial charge is 0.171 e. The first-order chi connectivity index (χ1) is 12.5. The fraction of sp³-hybridized carbons (Fsp3) is 0.136. The lowest BCUT2D eigenvalue weighted by Crippen LogP contribution is -2.33. The maximum Gasteiger partial charge on any atom is 0.171 e. The summed E-state index contributed by atoms with van der Waals surface area (Å²) >= 11 is 11.8. The zero-order chi connectivity index (χ0) is 18.5. The van der Waals surface area contributed by atoms with E-state index in [2.05, 4.69) is 54.8 Å². The molecule has 0 aliphatic rings. The second-order valence-electron chi connectivity index (χ2n) is 6.28. The second kappa shape index (κ2) is 8.35. The van der Waals surface area contributed by atoms with Crippen molar-refractivity contribution in [1.82, 2.24) is 5.32 Å². The van der Waals surface area contributed by atoms with Gasteiger partial charge >= 0.3 is 0 Å². The lowest BCUT2D eigenvalue weighted by molar-refractivity contribution is 0.762. The number of para-hydroxylation sites is 1. The van der Waals surface area contributed by atoms with Gasteiger partial charge in [-0.1, -0.05) is 77.8 Å². The summed E-state index contributed by atoms with van der Waals surface area (Å²) in [5.74, 6) is 0. The predicted octanol–water partition coefficient (Wildman–Crippen LogP) is 6.03. The summed E-state index contributed by atoms with van der Waals surface area (Å²) in [7, 11) is 0. The minimum Gasteiger partial charge on any atom is -0.352 e. The molecule has 0 saturated heterocycles. The normalized spacial score (nSPS) is 11.7. The van der Waals surface area contributed by atoms with Crippen LogP contribution in [0.3, 0.4) is 0 Å². The van der Waals surface area contributed by atoms with E-state index in [1.807, 2.05) is 42.5 Å². The first-order valence-corrected chi connectivity index (χ1v) is 9.27. The molecule has 4 heteroatoms. The maximum absolute atomic E-state index is 6.23. The van der Waals surface area contributed by atoms with E-state index in [0.29, 0.717) is 10.1 Å². The van der Waals surface area contributed by atoms with Crippen molar-refractivity contribution in [2.24, 2.45) is 0 Å². The molecule has 0 heterocycles. The fourth-order valence-electron chi connectivity index (χ4n) is 2.99. The number of thiocarbonyl (C=S) groups is 1. The summed E-state index contributed by atoms with van der Waals surface area (Å²) in [6.07, 6.45) is 0. The summed E-state index contributed by atoms with van der Waals surface area (Å²) < 4.78 is 0. The van der Waals surface area contributed by atoms with Crippen LogP contribution in [-0.4, -0.2) is 5.11 Å². The van der Waals surface area contributed by atoms with E-state index in [4.69, 9.17) is 23.8 Å². The van der Waals surface area contributed by atoms with Crippen molar-refractivity contribution in [2.45, 2.75) is 19.9 Å². The van der Waals surface area contributed by atoms with Crippen LogP contribution >= 0.6 is 23.8 Å². The number of hydrogen-bond donors (Lipinski definition) is 2. The van der Waals surface area contributed by atoms with Crippen molar-refractivity contribution >= 4 is 34.6 Å². The van der Waals surface area contributed by atoms with Gasteiger partial charge in [0, 0.05) is 0 Å². The van der Waals surface area contributed by atoms with Gasteiger partial charge in [0.05, 0.1) is 16.8 Å². The van der Waals surface area contributed by atoms with Gasteiger partial charge in [-0.05, 0) is 54.9 Å². The number of benzene rings is 3. The fourth-order valence-corrected chi connectivity index (χ4v) is 3.40. The highest BCUT2D eigenvalue weighted by atomic mass is 35.5. The molecule has 2 N–H and O–H groups in total. The monoisotopic (exact) mass is 380 g/mol. The summed E-state index contributed by atoms with van der Waals surface area (Å²) in [6, 6.07) is 24.3. The quantitative estimate of drug-likeness (QED) is 0.540. The van der Waals surface area contributed by atoms with Crippen molar-refractivity contribution < 1.29 is 0 Å². The van der Waals surface area contributed by atoms with Gasteiger partial charge in [0.2, 0.25) is 0 Å². The highest BCUT2D eigenvalue weighted by Crippen LogP contribution is 2.26. The number of anilines is 1. The maximum atomic E-state index is 6.23. The van der Waals surface area contributed by atoms with E-state index in [1.165, 1.54) is 16.7 Å². The first-order valence-electron chi connectivity index (χ1n) is 8.49. The lowest BCUT2D eigenvalue weighted by Gasteiger charge is -2.24. The molecule has 0 radical (unpaired) electrons. The van der Waals surface area contributed by atoms with Crippen LogP contribution in [0.25, 0.3) is 0 Å². The molecule has 0 saturated carbocycles. The largest absolute Gasteiger partial charge is 0.352 e. The Morgan fingerprint density at radius 2 is 1.62 bits per heavy atom. The Morgan fingerprint density at radius 1 is 0.923 bits per heavy atom. The zero-order valence-electron chi connectivity index (χ0n) is 14.8. The molecule has 2 nitrogen and oxygen atoms in total. The molecule has 3 aromatic rings. The Kier molecular flexibility index (Phi) is 5.92. The van der Waals surface area contributed by atoms with Crippen molar-refractivity contribution in [2.75, 3.05) is 5.32 Å². The van der Waals surface area contributed by atoms with Crippen LogP contribution in [0.2, 0.25) is 5.02 Å². The number of nitrogens with one attached hydrogen (secondary N) is 2. The first kappa shape index (κ1) is 18.4. The van der Waals surface area contributed by atoms with E-state index in [1.54, 1.807) is 0 Å². The number of aryl methyl sites for hydroxylation is 2. The van der Waals surface area contributed by atoms with Crippen LogP contribution < -0.4 is 10.6 Å². The number of rotatable bonds is 4. The average molecular weight is 381 g/mol. The molecular weight excluding hydrogens is 360 g/mol. The molecule has 0 fully saturated rings. The molecule has 0 aromatic heterocycles. The van der Waals surface area contributed by atoms with E-state index >= 15 is 0 Å². The van der Waals surface area contributed by atoms with Crippen LogP contribution in [0.1, 0.15) is 28.3 Å². The predicted molar refractivity (Wildman–Crippen MR) is 115 cm³/mol. The van der Waals surface area contributed by atoms with E-state index in [0.717, 1.165) is 11.3 Å². The molecule has 0 aliphatic carbocycles.